The maximum absolute atomic E-state index is 6.36. The quantitative estimate of drug-likeness (QED) is 0.698. The molecular formula is C15H17Cl3N2. The highest BCUT2D eigenvalue weighted by molar-refractivity contribution is 6.32. The molecule has 20 heavy (non-hydrogen) atoms. The molecule has 0 aliphatic heterocycles. The summed E-state index contributed by atoms with van der Waals surface area (Å²) in [6, 6.07) is 7.81. The second-order valence-corrected chi connectivity index (χ2v) is 5.89. The van der Waals surface area contributed by atoms with E-state index in [0.29, 0.717) is 5.88 Å². The molecule has 0 spiro atoms. The number of aromatic nitrogens is 2. The van der Waals surface area contributed by atoms with E-state index >= 15 is 0 Å². The summed E-state index contributed by atoms with van der Waals surface area (Å²) >= 11 is 18.4. The number of benzene rings is 1. The second kappa shape index (κ2) is 6.84. The van der Waals surface area contributed by atoms with Gasteiger partial charge in [0.15, 0.2) is 0 Å². The molecule has 1 atom stereocenters. The SMILES string of the molecule is CCn1nc(C)c(Cl)c1CC(CCl)c1ccc(Cl)cc1. The Morgan fingerprint density at radius 3 is 2.40 bits per heavy atom. The number of halogens is 3. The number of alkyl halides is 1. The minimum atomic E-state index is 0.202. The normalized spacial score (nSPS) is 12.7. The van der Waals surface area contributed by atoms with Crippen molar-refractivity contribution in [3.63, 3.8) is 0 Å². The van der Waals surface area contributed by atoms with E-state index in [1.165, 1.54) is 5.56 Å². The van der Waals surface area contributed by atoms with Crippen LogP contribution in [0.2, 0.25) is 10.0 Å². The molecule has 1 aromatic heterocycles. The first-order valence-corrected chi connectivity index (χ1v) is 7.89. The highest BCUT2D eigenvalue weighted by atomic mass is 35.5. The molecule has 2 nitrogen and oxygen atoms in total. The van der Waals surface area contributed by atoms with E-state index in [1.54, 1.807) is 0 Å². The smallest absolute Gasteiger partial charge is 0.0847 e. The summed E-state index contributed by atoms with van der Waals surface area (Å²) in [6.45, 7) is 4.79. The zero-order valence-electron chi connectivity index (χ0n) is 11.5. The number of aryl methyl sites for hydroxylation is 2. The molecule has 2 rings (SSSR count). The summed E-state index contributed by atoms with van der Waals surface area (Å²) < 4.78 is 1.95. The highest BCUT2D eigenvalue weighted by Crippen LogP contribution is 2.29. The van der Waals surface area contributed by atoms with Crippen molar-refractivity contribution >= 4 is 34.8 Å². The lowest BCUT2D eigenvalue weighted by Gasteiger charge is -2.15. The molecule has 0 aliphatic rings. The van der Waals surface area contributed by atoms with Gasteiger partial charge < -0.3 is 0 Å². The lowest BCUT2D eigenvalue weighted by Crippen LogP contribution is -2.10. The van der Waals surface area contributed by atoms with Gasteiger partial charge in [0.05, 0.1) is 16.4 Å². The van der Waals surface area contributed by atoms with Crippen LogP contribution in [0, 0.1) is 6.92 Å². The highest BCUT2D eigenvalue weighted by Gasteiger charge is 2.18. The Balaban J connectivity index is 2.28. The fraction of sp³-hybridized carbons (Fsp3) is 0.400. The molecule has 0 saturated heterocycles. The summed E-state index contributed by atoms with van der Waals surface area (Å²) in [7, 11) is 0. The Morgan fingerprint density at radius 1 is 1.20 bits per heavy atom. The van der Waals surface area contributed by atoms with E-state index in [0.717, 1.165) is 34.4 Å². The molecular weight excluding hydrogens is 315 g/mol. The maximum atomic E-state index is 6.36. The monoisotopic (exact) mass is 330 g/mol. The van der Waals surface area contributed by atoms with Gasteiger partial charge in [-0.05, 0) is 38.0 Å². The van der Waals surface area contributed by atoms with Crippen LogP contribution >= 0.6 is 34.8 Å². The molecule has 0 aliphatic carbocycles. The molecule has 2 aromatic rings. The van der Waals surface area contributed by atoms with Crippen LogP contribution in [0.1, 0.15) is 29.8 Å². The first kappa shape index (κ1) is 15.7. The van der Waals surface area contributed by atoms with Crippen molar-refractivity contribution in [2.75, 3.05) is 5.88 Å². The largest absolute Gasteiger partial charge is 0.268 e. The van der Waals surface area contributed by atoms with E-state index < -0.39 is 0 Å². The van der Waals surface area contributed by atoms with Crippen molar-refractivity contribution in [1.29, 1.82) is 0 Å². The third kappa shape index (κ3) is 3.30. The van der Waals surface area contributed by atoms with Crippen molar-refractivity contribution in [3.8, 4) is 0 Å². The molecule has 0 amide bonds. The molecule has 1 heterocycles. The number of hydrogen-bond donors (Lipinski definition) is 0. The van der Waals surface area contributed by atoms with Gasteiger partial charge in [0.25, 0.3) is 0 Å². The first-order valence-electron chi connectivity index (χ1n) is 6.60. The Bertz CT molecular complexity index is 576. The molecule has 1 aromatic carbocycles. The van der Waals surface area contributed by atoms with Gasteiger partial charge >= 0.3 is 0 Å². The maximum Gasteiger partial charge on any atom is 0.0847 e. The van der Waals surface area contributed by atoms with Crippen LogP contribution in [-0.2, 0) is 13.0 Å². The van der Waals surface area contributed by atoms with Crippen molar-refractivity contribution in [1.82, 2.24) is 9.78 Å². The van der Waals surface area contributed by atoms with Crippen molar-refractivity contribution in [3.05, 3.63) is 51.3 Å². The van der Waals surface area contributed by atoms with E-state index in [1.807, 2.05) is 35.9 Å². The third-order valence-electron chi connectivity index (χ3n) is 3.42. The minimum absolute atomic E-state index is 0.202. The molecule has 108 valence electrons. The number of rotatable bonds is 5. The van der Waals surface area contributed by atoms with E-state index in [2.05, 4.69) is 12.0 Å². The topological polar surface area (TPSA) is 17.8 Å². The molecule has 1 unspecified atom stereocenters. The lowest BCUT2D eigenvalue weighted by atomic mass is 9.96. The van der Waals surface area contributed by atoms with Gasteiger partial charge in [-0.15, -0.1) is 11.6 Å². The predicted molar refractivity (Wildman–Crippen MR) is 86.3 cm³/mol. The Hall–Kier alpha value is -0.700. The van der Waals surface area contributed by atoms with E-state index in [4.69, 9.17) is 34.8 Å². The van der Waals surface area contributed by atoms with Crippen LogP contribution in [0.5, 0.6) is 0 Å². The minimum Gasteiger partial charge on any atom is -0.268 e. The Kier molecular flexibility index (Phi) is 5.36. The summed E-state index contributed by atoms with van der Waals surface area (Å²) in [6.07, 6.45) is 0.776. The van der Waals surface area contributed by atoms with Crippen LogP contribution in [0.25, 0.3) is 0 Å². The van der Waals surface area contributed by atoms with Crippen LogP contribution in [-0.4, -0.2) is 15.7 Å². The second-order valence-electron chi connectivity index (χ2n) is 4.77. The van der Waals surface area contributed by atoms with Crippen LogP contribution < -0.4 is 0 Å². The van der Waals surface area contributed by atoms with Gasteiger partial charge in [-0.1, -0.05) is 35.3 Å². The van der Waals surface area contributed by atoms with Crippen molar-refractivity contribution in [2.45, 2.75) is 32.7 Å². The van der Waals surface area contributed by atoms with Crippen LogP contribution in [0.4, 0.5) is 0 Å². The summed E-state index contributed by atoms with van der Waals surface area (Å²) in [5.74, 6) is 0.735. The molecule has 0 radical (unpaired) electrons. The van der Waals surface area contributed by atoms with Gasteiger partial charge in [-0.2, -0.15) is 5.10 Å². The van der Waals surface area contributed by atoms with Crippen molar-refractivity contribution < 1.29 is 0 Å². The lowest BCUT2D eigenvalue weighted by molar-refractivity contribution is 0.596. The standard InChI is InChI=1S/C15H17Cl3N2/c1-3-20-14(15(18)10(2)19-20)8-12(9-16)11-4-6-13(17)7-5-11/h4-7,12H,3,8-9H2,1-2H3. The molecule has 0 fully saturated rings. The fourth-order valence-corrected chi connectivity index (χ4v) is 2.92. The van der Waals surface area contributed by atoms with Gasteiger partial charge in [-0.3, -0.25) is 4.68 Å². The Morgan fingerprint density at radius 2 is 1.85 bits per heavy atom. The van der Waals surface area contributed by atoms with E-state index in [-0.39, 0.29) is 5.92 Å². The number of nitrogens with zero attached hydrogens (tertiary/aromatic N) is 2. The molecule has 0 saturated carbocycles. The van der Waals surface area contributed by atoms with Gasteiger partial charge in [-0.25, -0.2) is 0 Å². The third-order valence-corrected chi connectivity index (χ3v) is 4.54. The number of hydrogen-bond acceptors (Lipinski definition) is 1. The zero-order valence-corrected chi connectivity index (χ0v) is 13.8. The summed E-state index contributed by atoms with van der Waals surface area (Å²) in [5.41, 5.74) is 3.09. The Labute approximate surface area is 134 Å². The van der Waals surface area contributed by atoms with Crippen LogP contribution in [0.3, 0.4) is 0 Å². The van der Waals surface area contributed by atoms with Gasteiger partial charge in [0.1, 0.15) is 0 Å². The predicted octanol–water partition coefficient (Wildman–Crippen LogP) is 5.08. The van der Waals surface area contributed by atoms with Crippen molar-refractivity contribution in [2.24, 2.45) is 0 Å². The summed E-state index contributed by atoms with van der Waals surface area (Å²) in [4.78, 5) is 0. The zero-order chi connectivity index (χ0) is 14.7. The molecule has 0 N–H and O–H groups in total. The van der Waals surface area contributed by atoms with Gasteiger partial charge in [0, 0.05) is 23.4 Å². The van der Waals surface area contributed by atoms with Gasteiger partial charge in [0.2, 0.25) is 0 Å². The fourth-order valence-electron chi connectivity index (χ4n) is 2.29. The average molecular weight is 332 g/mol. The first-order chi connectivity index (χ1) is 9.56. The molecule has 5 heteroatoms. The summed E-state index contributed by atoms with van der Waals surface area (Å²) in [5, 5.41) is 5.92. The average Bonchev–Trinajstić information content (AvgIpc) is 2.73. The molecule has 0 bridgehead atoms. The van der Waals surface area contributed by atoms with Crippen LogP contribution in [0.15, 0.2) is 24.3 Å². The van der Waals surface area contributed by atoms with E-state index in [9.17, 15) is 0 Å².